The van der Waals surface area contributed by atoms with Crippen molar-refractivity contribution < 1.29 is 9.09 Å². The van der Waals surface area contributed by atoms with Gasteiger partial charge in [0.15, 0.2) is 0 Å². The second-order valence-electron chi connectivity index (χ2n) is 3.88. The normalized spacial score (nSPS) is 21.2. The lowest BCUT2D eigenvalue weighted by molar-refractivity contribution is 0.309. The molecule has 0 N–H and O–H groups in total. The lowest BCUT2D eigenvalue weighted by atomic mass is 10.2. The molecule has 1 rings (SSSR count). The van der Waals surface area contributed by atoms with Crippen LogP contribution in [-0.4, -0.2) is 18.9 Å². The molecule has 0 spiro atoms. The van der Waals surface area contributed by atoms with Gasteiger partial charge in [-0.3, -0.25) is 4.57 Å². The average molecular weight is 202 g/mol. The van der Waals surface area contributed by atoms with Crippen LogP contribution >= 0.6 is 7.37 Å². The Balaban J connectivity index is 2.40. The highest BCUT2D eigenvalue weighted by Gasteiger charge is 2.30. The lowest BCUT2D eigenvalue weighted by Crippen LogP contribution is -1.96. The quantitative estimate of drug-likeness (QED) is 0.396. The molecule has 13 heavy (non-hydrogen) atoms. The summed E-state index contributed by atoms with van der Waals surface area (Å²) in [5, 5.41) is 0. The molecular weight excluding hydrogens is 183 g/mol. The van der Waals surface area contributed by atoms with Gasteiger partial charge in [-0.05, 0) is 20.3 Å². The summed E-state index contributed by atoms with van der Waals surface area (Å²) in [6, 6.07) is 0. The van der Waals surface area contributed by atoms with E-state index in [2.05, 4.69) is 20.8 Å². The van der Waals surface area contributed by atoms with Crippen LogP contribution in [0.15, 0.2) is 11.1 Å². The van der Waals surface area contributed by atoms with Crippen molar-refractivity contribution in [3.8, 4) is 0 Å². The Labute approximate surface area is 80.8 Å². The molecule has 0 saturated carbocycles. The third kappa shape index (κ3) is 2.96. The first-order valence-electron chi connectivity index (χ1n) is 4.95. The molecule has 0 fully saturated rings. The summed E-state index contributed by atoms with van der Waals surface area (Å²) in [5.41, 5.74) is 2.53. The fourth-order valence-electron chi connectivity index (χ4n) is 1.52. The minimum atomic E-state index is -2.29. The van der Waals surface area contributed by atoms with Crippen LogP contribution in [0, 0.1) is 0 Å². The summed E-state index contributed by atoms with van der Waals surface area (Å²) in [6.07, 6.45) is 3.48. The molecular formula is C10H19O2P. The number of unbranched alkanes of at least 4 members (excludes halogenated alkanes) is 1. The largest absolute Gasteiger partial charge is 0.328 e. The van der Waals surface area contributed by atoms with E-state index in [0.717, 1.165) is 12.8 Å². The molecule has 0 aromatic carbocycles. The summed E-state index contributed by atoms with van der Waals surface area (Å²) in [4.78, 5) is 0. The first-order valence-corrected chi connectivity index (χ1v) is 6.95. The Hall–Kier alpha value is -0.0700. The van der Waals surface area contributed by atoms with E-state index in [1.165, 1.54) is 11.1 Å². The zero-order valence-corrected chi connectivity index (χ0v) is 9.69. The van der Waals surface area contributed by atoms with Gasteiger partial charge in [-0.25, -0.2) is 0 Å². The third-order valence-electron chi connectivity index (χ3n) is 2.51. The van der Waals surface area contributed by atoms with Gasteiger partial charge < -0.3 is 4.52 Å². The summed E-state index contributed by atoms with van der Waals surface area (Å²) < 4.78 is 17.5. The predicted molar refractivity (Wildman–Crippen MR) is 56.6 cm³/mol. The molecule has 0 aliphatic carbocycles. The lowest BCUT2D eigenvalue weighted by Gasteiger charge is -2.12. The Morgan fingerprint density at radius 2 is 1.85 bits per heavy atom. The molecule has 3 heteroatoms. The molecule has 0 amide bonds. The molecule has 1 heterocycles. The molecule has 0 saturated heterocycles. The SMILES string of the molecule is CCCCOP1(=O)CC(C)=C(C)C1. The van der Waals surface area contributed by atoms with Crippen LogP contribution in [0.5, 0.6) is 0 Å². The van der Waals surface area contributed by atoms with Crippen molar-refractivity contribution >= 4 is 7.37 Å². The smallest absolute Gasteiger partial charge is 0.211 e. The van der Waals surface area contributed by atoms with Crippen LogP contribution in [0.2, 0.25) is 0 Å². The highest BCUT2D eigenvalue weighted by atomic mass is 31.2. The van der Waals surface area contributed by atoms with Crippen LogP contribution < -0.4 is 0 Å². The summed E-state index contributed by atoms with van der Waals surface area (Å²) >= 11 is 0. The Bertz CT molecular complexity index is 238. The van der Waals surface area contributed by atoms with Crippen LogP contribution in [0.25, 0.3) is 0 Å². The fourth-order valence-corrected chi connectivity index (χ4v) is 4.26. The fraction of sp³-hybridized carbons (Fsp3) is 0.800. The second kappa shape index (κ2) is 4.43. The van der Waals surface area contributed by atoms with Gasteiger partial charge in [-0.15, -0.1) is 0 Å². The van der Waals surface area contributed by atoms with E-state index in [9.17, 15) is 4.57 Å². The van der Waals surface area contributed by atoms with E-state index in [-0.39, 0.29) is 0 Å². The van der Waals surface area contributed by atoms with Crippen molar-refractivity contribution in [2.24, 2.45) is 0 Å². The molecule has 76 valence electrons. The zero-order valence-electron chi connectivity index (χ0n) is 8.80. The van der Waals surface area contributed by atoms with Gasteiger partial charge in [-0.2, -0.15) is 0 Å². The van der Waals surface area contributed by atoms with Gasteiger partial charge in [-0.1, -0.05) is 24.5 Å². The molecule has 0 aromatic rings. The zero-order chi connectivity index (χ0) is 9.90. The predicted octanol–water partition coefficient (Wildman–Crippen LogP) is 3.43. The molecule has 0 aromatic heterocycles. The van der Waals surface area contributed by atoms with Crippen molar-refractivity contribution in [2.45, 2.75) is 33.6 Å². The minimum Gasteiger partial charge on any atom is -0.328 e. The van der Waals surface area contributed by atoms with Gasteiger partial charge >= 0.3 is 0 Å². The third-order valence-corrected chi connectivity index (χ3v) is 5.07. The van der Waals surface area contributed by atoms with Crippen LogP contribution in [0.3, 0.4) is 0 Å². The van der Waals surface area contributed by atoms with Crippen LogP contribution in [0.1, 0.15) is 33.6 Å². The van der Waals surface area contributed by atoms with Crippen LogP contribution in [-0.2, 0) is 9.09 Å². The Morgan fingerprint density at radius 3 is 2.31 bits per heavy atom. The monoisotopic (exact) mass is 202 g/mol. The molecule has 0 bridgehead atoms. The first kappa shape index (κ1) is 11.0. The number of hydrogen-bond donors (Lipinski definition) is 0. The van der Waals surface area contributed by atoms with Gasteiger partial charge in [0.25, 0.3) is 0 Å². The van der Waals surface area contributed by atoms with Gasteiger partial charge in [0.1, 0.15) is 0 Å². The Kier molecular flexibility index (Phi) is 3.75. The van der Waals surface area contributed by atoms with E-state index in [1.54, 1.807) is 0 Å². The molecule has 2 nitrogen and oxygen atoms in total. The van der Waals surface area contributed by atoms with E-state index in [1.807, 2.05) is 0 Å². The van der Waals surface area contributed by atoms with Crippen molar-refractivity contribution in [2.75, 3.05) is 18.9 Å². The van der Waals surface area contributed by atoms with Crippen molar-refractivity contribution in [3.05, 3.63) is 11.1 Å². The maximum absolute atomic E-state index is 12.0. The maximum Gasteiger partial charge on any atom is 0.211 e. The van der Waals surface area contributed by atoms with Crippen molar-refractivity contribution in [1.29, 1.82) is 0 Å². The summed E-state index contributed by atoms with van der Waals surface area (Å²) in [6.45, 7) is 6.88. The molecule has 1 aliphatic rings. The van der Waals surface area contributed by atoms with Gasteiger partial charge in [0.05, 0.1) is 6.61 Å². The van der Waals surface area contributed by atoms with E-state index >= 15 is 0 Å². The number of hydrogen-bond acceptors (Lipinski definition) is 2. The number of allylic oxidation sites excluding steroid dienone is 2. The highest BCUT2D eigenvalue weighted by molar-refractivity contribution is 7.59. The van der Waals surface area contributed by atoms with E-state index < -0.39 is 7.37 Å². The summed E-state index contributed by atoms with van der Waals surface area (Å²) in [7, 11) is -2.29. The van der Waals surface area contributed by atoms with Gasteiger partial charge in [0, 0.05) is 12.3 Å². The highest BCUT2D eigenvalue weighted by Crippen LogP contribution is 2.54. The molecule has 1 aliphatic heterocycles. The molecule has 0 atom stereocenters. The molecule has 0 radical (unpaired) electrons. The summed E-state index contributed by atoms with van der Waals surface area (Å²) in [5.74, 6) is 0. The average Bonchev–Trinajstić information content (AvgIpc) is 2.27. The van der Waals surface area contributed by atoms with Gasteiger partial charge in [0.2, 0.25) is 7.37 Å². The van der Waals surface area contributed by atoms with E-state index in [4.69, 9.17) is 4.52 Å². The maximum atomic E-state index is 12.0. The second-order valence-corrected chi connectivity index (χ2v) is 6.40. The van der Waals surface area contributed by atoms with Crippen molar-refractivity contribution in [3.63, 3.8) is 0 Å². The van der Waals surface area contributed by atoms with Crippen LogP contribution in [0.4, 0.5) is 0 Å². The minimum absolute atomic E-state index is 0.661. The van der Waals surface area contributed by atoms with Crippen molar-refractivity contribution in [1.82, 2.24) is 0 Å². The first-order chi connectivity index (χ1) is 6.07. The standard InChI is InChI=1S/C10H19O2P/c1-4-5-6-12-13(11)7-9(2)10(3)8-13/h4-8H2,1-3H3. The number of rotatable bonds is 4. The topological polar surface area (TPSA) is 26.3 Å². The van der Waals surface area contributed by atoms with E-state index in [0.29, 0.717) is 18.9 Å². The molecule has 0 unspecified atom stereocenters. The Morgan fingerprint density at radius 1 is 1.31 bits per heavy atom.